The van der Waals surface area contributed by atoms with Crippen LogP contribution in [0.25, 0.3) is 11.0 Å². The Balaban J connectivity index is 2.47. The molecule has 3 nitrogen and oxygen atoms in total. The van der Waals surface area contributed by atoms with Gasteiger partial charge in [0.1, 0.15) is 11.3 Å². The Morgan fingerprint density at radius 2 is 2.50 bits per heavy atom. The molecule has 0 fully saturated rings. The number of hydrogen-bond donors (Lipinski definition) is 1. The molecule has 0 aliphatic rings. The van der Waals surface area contributed by atoms with E-state index in [0.717, 1.165) is 23.3 Å². The van der Waals surface area contributed by atoms with Crippen molar-refractivity contribution in [1.29, 1.82) is 0 Å². The van der Waals surface area contributed by atoms with Crippen LogP contribution in [0.1, 0.15) is 5.76 Å². The van der Waals surface area contributed by atoms with Gasteiger partial charge in [-0.15, -0.1) is 0 Å². The lowest BCUT2D eigenvalue weighted by molar-refractivity contribution is 0.530. The molecule has 2 heterocycles. The topological polar surface area (TPSA) is 38.1 Å². The highest BCUT2D eigenvalue weighted by atomic mass is 16.3. The van der Waals surface area contributed by atoms with Gasteiger partial charge in [-0.25, -0.2) is 0 Å². The summed E-state index contributed by atoms with van der Waals surface area (Å²) >= 11 is 0. The zero-order chi connectivity index (χ0) is 8.39. The average Bonchev–Trinajstić information content (AvgIpc) is 2.47. The summed E-state index contributed by atoms with van der Waals surface area (Å²) in [4.78, 5) is 4.01. The van der Waals surface area contributed by atoms with Crippen LogP contribution >= 0.6 is 0 Å². The Bertz CT molecular complexity index is 348. The van der Waals surface area contributed by atoms with E-state index in [2.05, 4.69) is 10.3 Å². The molecule has 62 valence electrons. The van der Waals surface area contributed by atoms with E-state index in [1.807, 2.05) is 19.2 Å². The number of furan rings is 1. The van der Waals surface area contributed by atoms with Crippen LogP contribution < -0.4 is 5.32 Å². The highest BCUT2D eigenvalue weighted by Gasteiger charge is 2.00. The number of nitrogens with one attached hydrogen (secondary N) is 1. The molecule has 0 unspecified atom stereocenters. The van der Waals surface area contributed by atoms with Gasteiger partial charge in [-0.1, -0.05) is 0 Å². The number of pyridine rings is 1. The molecule has 0 saturated carbocycles. The predicted molar refractivity (Wildman–Crippen MR) is 46.8 cm³/mol. The molecule has 0 amide bonds. The smallest absolute Gasteiger partial charge is 0.137 e. The van der Waals surface area contributed by atoms with Crippen molar-refractivity contribution < 1.29 is 4.42 Å². The van der Waals surface area contributed by atoms with Gasteiger partial charge in [0.2, 0.25) is 0 Å². The molecule has 0 bridgehead atoms. The lowest BCUT2D eigenvalue weighted by Gasteiger charge is -1.90. The largest absolute Gasteiger partial charge is 0.460 e. The van der Waals surface area contributed by atoms with Gasteiger partial charge < -0.3 is 9.73 Å². The summed E-state index contributed by atoms with van der Waals surface area (Å²) in [6.07, 6.45) is 3.53. The minimum Gasteiger partial charge on any atom is -0.460 e. The van der Waals surface area contributed by atoms with Crippen LogP contribution in [0.5, 0.6) is 0 Å². The van der Waals surface area contributed by atoms with Gasteiger partial charge >= 0.3 is 0 Å². The van der Waals surface area contributed by atoms with Gasteiger partial charge in [-0.2, -0.15) is 0 Å². The monoisotopic (exact) mass is 162 g/mol. The fourth-order valence-electron chi connectivity index (χ4n) is 1.20. The van der Waals surface area contributed by atoms with Gasteiger partial charge in [-0.3, -0.25) is 4.98 Å². The predicted octanol–water partition coefficient (Wildman–Crippen LogP) is 1.55. The molecule has 2 rings (SSSR count). The minimum absolute atomic E-state index is 0.759. The molecule has 0 radical (unpaired) electrons. The maximum absolute atomic E-state index is 5.51. The first-order chi connectivity index (χ1) is 5.90. The SMILES string of the molecule is CNCc1cc2cnccc2o1. The summed E-state index contributed by atoms with van der Waals surface area (Å²) in [6.45, 7) is 0.759. The first kappa shape index (κ1) is 7.31. The maximum Gasteiger partial charge on any atom is 0.137 e. The van der Waals surface area contributed by atoms with Crippen LogP contribution in [-0.4, -0.2) is 12.0 Å². The molecule has 0 atom stereocenters. The number of rotatable bonds is 2. The molecule has 3 heteroatoms. The standard InChI is InChI=1S/C9H10N2O/c1-10-6-8-4-7-5-11-3-2-9(7)12-8/h2-5,10H,6H2,1H3. The molecule has 0 aliphatic heterocycles. The van der Waals surface area contributed by atoms with Crippen molar-refractivity contribution >= 4 is 11.0 Å². The van der Waals surface area contributed by atoms with Crippen LogP contribution in [0.15, 0.2) is 28.9 Å². The second kappa shape index (κ2) is 2.95. The summed E-state index contributed by atoms with van der Waals surface area (Å²) in [7, 11) is 1.89. The molecular weight excluding hydrogens is 152 g/mol. The molecule has 0 saturated heterocycles. The molecule has 12 heavy (non-hydrogen) atoms. The van der Waals surface area contributed by atoms with Crippen LogP contribution in [0, 0.1) is 0 Å². The average molecular weight is 162 g/mol. The van der Waals surface area contributed by atoms with Crippen molar-refractivity contribution in [2.75, 3.05) is 7.05 Å². The molecular formula is C9H10N2O. The highest BCUT2D eigenvalue weighted by Crippen LogP contribution is 2.16. The van der Waals surface area contributed by atoms with Crippen molar-refractivity contribution in [1.82, 2.24) is 10.3 Å². The zero-order valence-electron chi connectivity index (χ0n) is 6.87. The van der Waals surface area contributed by atoms with Crippen LogP contribution in [0.2, 0.25) is 0 Å². The number of fused-ring (bicyclic) bond motifs is 1. The van der Waals surface area contributed by atoms with E-state index in [1.165, 1.54) is 0 Å². The third-order valence-corrected chi connectivity index (χ3v) is 1.72. The Hall–Kier alpha value is -1.35. The third-order valence-electron chi connectivity index (χ3n) is 1.72. The Morgan fingerprint density at radius 3 is 3.25 bits per heavy atom. The fraction of sp³-hybridized carbons (Fsp3) is 0.222. The summed E-state index contributed by atoms with van der Waals surface area (Å²) in [5.41, 5.74) is 0.898. The Morgan fingerprint density at radius 1 is 1.58 bits per heavy atom. The van der Waals surface area contributed by atoms with E-state index in [9.17, 15) is 0 Å². The molecule has 2 aromatic heterocycles. The van der Waals surface area contributed by atoms with Gasteiger partial charge in [0.25, 0.3) is 0 Å². The molecule has 0 aliphatic carbocycles. The zero-order valence-corrected chi connectivity index (χ0v) is 6.87. The third kappa shape index (κ3) is 1.19. The lowest BCUT2D eigenvalue weighted by Crippen LogP contribution is -2.03. The van der Waals surface area contributed by atoms with E-state index >= 15 is 0 Å². The van der Waals surface area contributed by atoms with E-state index in [4.69, 9.17) is 4.42 Å². The van der Waals surface area contributed by atoms with E-state index < -0.39 is 0 Å². The molecule has 0 spiro atoms. The van der Waals surface area contributed by atoms with Crippen molar-refractivity contribution in [2.24, 2.45) is 0 Å². The summed E-state index contributed by atoms with van der Waals surface area (Å²) in [5.74, 6) is 0.945. The van der Waals surface area contributed by atoms with E-state index in [-0.39, 0.29) is 0 Å². The summed E-state index contributed by atoms with van der Waals surface area (Å²) in [6, 6.07) is 3.87. The van der Waals surface area contributed by atoms with Crippen LogP contribution in [0.4, 0.5) is 0 Å². The number of aromatic nitrogens is 1. The van der Waals surface area contributed by atoms with Gasteiger partial charge in [0, 0.05) is 17.8 Å². The Kier molecular flexibility index (Phi) is 1.80. The van der Waals surface area contributed by atoms with Crippen LogP contribution in [0.3, 0.4) is 0 Å². The molecule has 0 aromatic carbocycles. The summed E-state index contributed by atoms with van der Waals surface area (Å²) < 4.78 is 5.51. The first-order valence-corrected chi connectivity index (χ1v) is 3.87. The highest BCUT2D eigenvalue weighted by molar-refractivity contribution is 5.76. The van der Waals surface area contributed by atoms with E-state index in [0.29, 0.717) is 0 Å². The Labute approximate surface area is 70.4 Å². The van der Waals surface area contributed by atoms with Crippen molar-refractivity contribution in [3.63, 3.8) is 0 Å². The second-order valence-electron chi connectivity index (χ2n) is 2.66. The number of nitrogens with zero attached hydrogens (tertiary/aromatic N) is 1. The molecule has 1 N–H and O–H groups in total. The van der Waals surface area contributed by atoms with Crippen LogP contribution in [-0.2, 0) is 6.54 Å². The van der Waals surface area contributed by atoms with Crippen molar-refractivity contribution in [2.45, 2.75) is 6.54 Å². The van der Waals surface area contributed by atoms with E-state index in [1.54, 1.807) is 12.4 Å². The summed E-state index contributed by atoms with van der Waals surface area (Å²) in [5, 5.41) is 4.09. The number of hydrogen-bond acceptors (Lipinski definition) is 3. The normalized spacial score (nSPS) is 10.8. The van der Waals surface area contributed by atoms with Crippen molar-refractivity contribution in [3.8, 4) is 0 Å². The molecule has 2 aromatic rings. The second-order valence-corrected chi connectivity index (χ2v) is 2.66. The minimum atomic E-state index is 0.759. The van der Waals surface area contributed by atoms with Crippen molar-refractivity contribution in [3.05, 3.63) is 30.3 Å². The fourth-order valence-corrected chi connectivity index (χ4v) is 1.20. The first-order valence-electron chi connectivity index (χ1n) is 3.87. The van der Waals surface area contributed by atoms with Gasteiger partial charge in [-0.05, 0) is 19.2 Å². The quantitative estimate of drug-likeness (QED) is 0.728. The van der Waals surface area contributed by atoms with Gasteiger partial charge in [0.05, 0.1) is 6.54 Å². The van der Waals surface area contributed by atoms with Gasteiger partial charge in [0.15, 0.2) is 0 Å². The lowest BCUT2D eigenvalue weighted by atomic mass is 10.3. The maximum atomic E-state index is 5.51.